The van der Waals surface area contributed by atoms with Gasteiger partial charge in [-0.15, -0.1) is 0 Å². The van der Waals surface area contributed by atoms with Crippen LogP contribution in [0.15, 0.2) is 82.8 Å². The van der Waals surface area contributed by atoms with Crippen LogP contribution in [0, 0.1) is 13.8 Å². The van der Waals surface area contributed by atoms with Gasteiger partial charge in [-0.25, -0.2) is 18.6 Å². The molecule has 0 radical (unpaired) electrons. The van der Waals surface area contributed by atoms with Gasteiger partial charge < -0.3 is 9.47 Å². The maximum absolute atomic E-state index is 13.4. The van der Waals surface area contributed by atoms with Crippen LogP contribution in [0.3, 0.4) is 0 Å². The zero-order valence-electron chi connectivity index (χ0n) is 20.2. The van der Waals surface area contributed by atoms with E-state index < -0.39 is 28.4 Å². The van der Waals surface area contributed by atoms with Gasteiger partial charge in [0, 0.05) is 0 Å². The number of hydrazone groups is 1. The zero-order chi connectivity index (χ0) is 26.1. The van der Waals surface area contributed by atoms with E-state index in [1.54, 1.807) is 60.7 Å². The molecule has 0 unspecified atom stereocenters. The van der Waals surface area contributed by atoms with Crippen LogP contribution in [0.4, 0.5) is 5.69 Å². The van der Waals surface area contributed by atoms with E-state index in [-0.39, 0.29) is 11.5 Å². The number of methoxy groups -OCH3 is 1. The molecule has 0 fully saturated rings. The largest absolute Gasteiger partial charge is 0.482 e. The standard InChI is InChI=1S/C26H27N3O6S/c1-19-7-11-22(12-8-19)29(36(32,33)24-13-9-20(2)10-14-24)17-25(30)28-27-16-21-5-4-6-23(15-21)35-18-26(31)34-3/h4-16H,17-18H2,1-3H3,(H,28,30)/b27-16+. The van der Waals surface area contributed by atoms with Gasteiger partial charge in [0.25, 0.3) is 15.9 Å². The summed E-state index contributed by atoms with van der Waals surface area (Å²) in [6.07, 6.45) is 1.38. The molecule has 0 spiro atoms. The van der Waals surface area contributed by atoms with Crippen molar-refractivity contribution in [3.63, 3.8) is 0 Å². The van der Waals surface area contributed by atoms with E-state index in [2.05, 4.69) is 15.3 Å². The van der Waals surface area contributed by atoms with E-state index in [9.17, 15) is 18.0 Å². The van der Waals surface area contributed by atoms with Crippen LogP contribution in [-0.2, 0) is 24.3 Å². The fraction of sp³-hybridized carbons (Fsp3) is 0.192. The number of rotatable bonds is 10. The molecule has 0 aromatic heterocycles. The quantitative estimate of drug-likeness (QED) is 0.255. The molecule has 9 nitrogen and oxygen atoms in total. The summed E-state index contributed by atoms with van der Waals surface area (Å²) in [7, 11) is -2.74. The van der Waals surface area contributed by atoms with Crippen LogP contribution in [-0.4, -0.2) is 46.8 Å². The van der Waals surface area contributed by atoms with Crippen molar-refractivity contribution in [2.45, 2.75) is 18.7 Å². The summed E-state index contributed by atoms with van der Waals surface area (Å²) >= 11 is 0. The van der Waals surface area contributed by atoms with Crippen molar-refractivity contribution >= 4 is 33.8 Å². The number of benzene rings is 3. The predicted molar refractivity (Wildman–Crippen MR) is 137 cm³/mol. The van der Waals surface area contributed by atoms with E-state index in [1.165, 1.54) is 25.5 Å². The summed E-state index contributed by atoms with van der Waals surface area (Å²) in [5.41, 5.74) is 5.19. The topological polar surface area (TPSA) is 114 Å². The average molecular weight is 510 g/mol. The van der Waals surface area contributed by atoms with Gasteiger partial charge in [-0.3, -0.25) is 9.10 Å². The number of carbonyl (C=O) groups excluding carboxylic acids is 2. The molecule has 188 valence electrons. The van der Waals surface area contributed by atoms with Crippen molar-refractivity contribution in [2.75, 3.05) is 24.6 Å². The molecule has 0 bridgehead atoms. The Labute approximate surface area is 210 Å². The third-order valence-corrected chi connectivity index (χ3v) is 6.85. The number of nitrogens with zero attached hydrogens (tertiary/aromatic N) is 2. The predicted octanol–water partition coefficient (Wildman–Crippen LogP) is 3.20. The fourth-order valence-corrected chi connectivity index (χ4v) is 4.51. The lowest BCUT2D eigenvalue weighted by molar-refractivity contribution is -0.142. The van der Waals surface area contributed by atoms with E-state index in [0.717, 1.165) is 15.4 Å². The summed E-state index contributed by atoms with van der Waals surface area (Å²) in [5, 5.41) is 3.93. The van der Waals surface area contributed by atoms with Gasteiger partial charge >= 0.3 is 5.97 Å². The molecular formula is C26H27N3O6S. The van der Waals surface area contributed by atoms with Crippen molar-refractivity contribution in [2.24, 2.45) is 5.10 Å². The van der Waals surface area contributed by atoms with Gasteiger partial charge in [0.1, 0.15) is 12.3 Å². The molecule has 3 rings (SSSR count). The first-order valence-corrected chi connectivity index (χ1v) is 12.4. The molecule has 0 atom stereocenters. The molecule has 3 aromatic rings. The summed E-state index contributed by atoms with van der Waals surface area (Å²) in [5.74, 6) is -0.717. The third-order valence-electron chi connectivity index (χ3n) is 5.06. The van der Waals surface area contributed by atoms with Crippen LogP contribution < -0.4 is 14.5 Å². The molecule has 0 aliphatic rings. The van der Waals surface area contributed by atoms with E-state index in [4.69, 9.17) is 4.74 Å². The molecular weight excluding hydrogens is 482 g/mol. The fourth-order valence-electron chi connectivity index (χ4n) is 3.09. The summed E-state index contributed by atoms with van der Waals surface area (Å²) < 4.78 is 37.7. The van der Waals surface area contributed by atoms with Gasteiger partial charge in [-0.1, -0.05) is 47.5 Å². The van der Waals surface area contributed by atoms with Gasteiger partial charge in [-0.05, 0) is 55.8 Å². The molecule has 1 amide bonds. The van der Waals surface area contributed by atoms with Crippen molar-refractivity contribution in [1.82, 2.24) is 5.43 Å². The van der Waals surface area contributed by atoms with Crippen molar-refractivity contribution in [1.29, 1.82) is 0 Å². The van der Waals surface area contributed by atoms with Gasteiger partial charge in [-0.2, -0.15) is 5.10 Å². The first kappa shape index (κ1) is 26.4. The van der Waals surface area contributed by atoms with Gasteiger partial charge in [0.2, 0.25) is 0 Å². The van der Waals surface area contributed by atoms with Crippen LogP contribution in [0.1, 0.15) is 16.7 Å². The van der Waals surface area contributed by atoms with Crippen molar-refractivity contribution in [3.8, 4) is 5.75 Å². The highest BCUT2D eigenvalue weighted by atomic mass is 32.2. The van der Waals surface area contributed by atoms with E-state index >= 15 is 0 Å². The molecule has 0 saturated heterocycles. The average Bonchev–Trinajstić information content (AvgIpc) is 2.87. The molecule has 0 aliphatic carbocycles. The monoisotopic (exact) mass is 509 g/mol. The SMILES string of the molecule is COC(=O)COc1cccc(/C=N/NC(=O)CN(c2ccc(C)cc2)S(=O)(=O)c2ccc(C)cc2)c1. The molecule has 0 heterocycles. The first-order chi connectivity index (χ1) is 17.2. The lowest BCUT2D eigenvalue weighted by Gasteiger charge is -2.24. The first-order valence-electron chi connectivity index (χ1n) is 11.0. The number of esters is 1. The number of carbonyl (C=O) groups is 2. The molecule has 10 heteroatoms. The van der Waals surface area contributed by atoms with Gasteiger partial charge in [0.15, 0.2) is 6.61 Å². The summed E-state index contributed by atoms with van der Waals surface area (Å²) in [6.45, 7) is 3.04. The molecule has 0 aliphatic heterocycles. The van der Waals surface area contributed by atoms with Gasteiger partial charge in [0.05, 0.1) is 23.9 Å². The Bertz CT molecular complexity index is 1340. The second-order valence-corrected chi connectivity index (χ2v) is 9.75. The zero-order valence-corrected chi connectivity index (χ0v) is 21.0. The van der Waals surface area contributed by atoms with Crippen LogP contribution >= 0.6 is 0 Å². The molecule has 36 heavy (non-hydrogen) atoms. The number of sulfonamides is 1. The highest BCUT2D eigenvalue weighted by Gasteiger charge is 2.27. The third kappa shape index (κ3) is 7.16. The Morgan fingerprint density at radius 1 is 0.972 bits per heavy atom. The van der Waals surface area contributed by atoms with Crippen LogP contribution in [0.25, 0.3) is 0 Å². The van der Waals surface area contributed by atoms with Crippen LogP contribution in [0.2, 0.25) is 0 Å². The normalized spacial score (nSPS) is 11.2. The molecule has 0 saturated carbocycles. The number of hydrogen-bond donors (Lipinski definition) is 1. The number of ether oxygens (including phenoxy) is 2. The second kappa shape index (κ2) is 12.0. The highest BCUT2D eigenvalue weighted by molar-refractivity contribution is 7.92. The maximum atomic E-state index is 13.4. The lowest BCUT2D eigenvalue weighted by atomic mass is 10.2. The Morgan fingerprint density at radius 2 is 1.61 bits per heavy atom. The number of hydrogen-bond acceptors (Lipinski definition) is 7. The van der Waals surface area contributed by atoms with Crippen molar-refractivity contribution < 1.29 is 27.5 Å². The Morgan fingerprint density at radius 3 is 2.25 bits per heavy atom. The van der Waals surface area contributed by atoms with Crippen LogP contribution in [0.5, 0.6) is 5.75 Å². The van der Waals surface area contributed by atoms with E-state index in [1.807, 2.05) is 13.8 Å². The Kier molecular flexibility index (Phi) is 8.80. The molecule has 3 aromatic carbocycles. The number of nitrogens with one attached hydrogen (secondary N) is 1. The number of anilines is 1. The molecule has 1 N–H and O–H groups in total. The summed E-state index contributed by atoms with van der Waals surface area (Å²) in [4.78, 5) is 24.0. The highest BCUT2D eigenvalue weighted by Crippen LogP contribution is 2.24. The van der Waals surface area contributed by atoms with E-state index in [0.29, 0.717) is 17.0 Å². The summed E-state index contributed by atoms with van der Waals surface area (Å²) in [6, 6.07) is 20.0. The maximum Gasteiger partial charge on any atom is 0.343 e. The Balaban J connectivity index is 1.74. The number of aryl methyl sites for hydroxylation is 2. The minimum atomic E-state index is -4.01. The second-order valence-electron chi connectivity index (χ2n) is 7.89. The minimum Gasteiger partial charge on any atom is -0.482 e. The smallest absolute Gasteiger partial charge is 0.343 e. The Hall–Kier alpha value is -4.18. The minimum absolute atomic E-state index is 0.0775. The lowest BCUT2D eigenvalue weighted by Crippen LogP contribution is -2.39. The number of amides is 1. The van der Waals surface area contributed by atoms with Crippen molar-refractivity contribution in [3.05, 3.63) is 89.5 Å².